The highest BCUT2D eigenvalue weighted by atomic mass is 31.2. The minimum atomic E-state index is -3.73. The lowest BCUT2D eigenvalue weighted by Gasteiger charge is -2.42. The van der Waals surface area contributed by atoms with Gasteiger partial charge < -0.3 is 15.7 Å². The first-order chi connectivity index (χ1) is 12.7. The van der Waals surface area contributed by atoms with Crippen molar-refractivity contribution in [3.8, 4) is 0 Å². The van der Waals surface area contributed by atoms with Gasteiger partial charge in [0.2, 0.25) is 13.3 Å². The van der Waals surface area contributed by atoms with E-state index in [-0.39, 0.29) is 36.0 Å². The third-order valence-electron chi connectivity index (χ3n) is 5.94. The fraction of sp³-hybridized carbons (Fsp3) is 0.619. The van der Waals surface area contributed by atoms with Gasteiger partial charge in [0, 0.05) is 18.7 Å². The molecule has 156 valence electrons. The van der Waals surface area contributed by atoms with Crippen LogP contribution in [-0.2, 0) is 31.1 Å². The molecule has 2 rings (SSSR count). The number of hydrogen-bond donors (Lipinski definition) is 3. The number of carbonyl (C=O) groups excluding carboxylic acids is 1. The van der Waals surface area contributed by atoms with Crippen LogP contribution in [0.5, 0.6) is 0 Å². The Balaban J connectivity index is 2.23. The maximum Gasteiger partial charge on any atom is 0.307 e. The number of hydrogen-bond acceptors (Lipinski definition) is 3. The van der Waals surface area contributed by atoms with Crippen LogP contribution >= 0.6 is 7.37 Å². The molecule has 0 aliphatic heterocycles. The highest BCUT2D eigenvalue weighted by molar-refractivity contribution is 7.57. The van der Waals surface area contributed by atoms with E-state index in [2.05, 4.69) is 27.7 Å². The lowest BCUT2D eigenvalue weighted by atomic mass is 9.63. The third-order valence-corrected chi connectivity index (χ3v) is 7.81. The average molecular weight is 409 g/mol. The van der Waals surface area contributed by atoms with Crippen molar-refractivity contribution in [2.24, 2.45) is 11.7 Å². The molecule has 2 unspecified atom stereocenters. The maximum absolute atomic E-state index is 12.8. The molecule has 4 N–H and O–H groups in total. The Kier molecular flexibility index (Phi) is 6.47. The molecule has 6 nitrogen and oxygen atoms in total. The summed E-state index contributed by atoms with van der Waals surface area (Å²) in [5, 5.41) is 9.32. The van der Waals surface area contributed by atoms with Crippen LogP contribution in [0.1, 0.15) is 70.1 Å². The van der Waals surface area contributed by atoms with E-state index in [1.807, 2.05) is 18.2 Å². The molecule has 0 fully saturated rings. The third kappa shape index (κ3) is 5.45. The molecule has 0 saturated heterocycles. The lowest BCUT2D eigenvalue weighted by molar-refractivity contribution is -0.141. The van der Waals surface area contributed by atoms with Crippen molar-refractivity contribution < 1.29 is 24.2 Å². The standard InChI is InChI=1S/C21H32NO5P/c1-20(2)9-10-21(3,4)17-11-14(5-7-16(17)20)12-28(26,27)13-15(19(24)25)6-8-18(22)23/h5,7,11,15H,6,8-10,12-13H2,1-4H3,(H2,22,23)(H,24,25)(H,26,27). The second kappa shape index (κ2) is 8.00. The molecule has 0 radical (unpaired) electrons. The summed E-state index contributed by atoms with van der Waals surface area (Å²) in [4.78, 5) is 32.8. The Morgan fingerprint density at radius 2 is 1.71 bits per heavy atom. The van der Waals surface area contributed by atoms with Crippen molar-refractivity contribution in [3.63, 3.8) is 0 Å². The molecule has 0 heterocycles. The zero-order valence-electron chi connectivity index (χ0n) is 17.2. The van der Waals surface area contributed by atoms with Crippen molar-refractivity contribution in [3.05, 3.63) is 34.9 Å². The zero-order valence-corrected chi connectivity index (χ0v) is 18.1. The number of carboxylic acids is 1. The summed E-state index contributed by atoms with van der Waals surface area (Å²) in [6.07, 6.45) is 1.56. The number of carboxylic acid groups (broad SMARTS) is 1. The Morgan fingerprint density at radius 3 is 2.25 bits per heavy atom. The molecule has 1 aliphatic rings. The van der Waals surface area contributed by atoms with E-state index in [9.17, 15) is 24.2 Å². The van der Waals surface area contributed by atoms with E-state index < -0.39 is 25.2 Å². The average Bonchev–Trinajstić information content (AvgIpc) is 2.55. The van der Waals surface area contributed by atoms with E-state index in [1.54, 1.807) is 0 Å². The van der Waals surface area contributed by atoms with Gasteiger partial charge >= 0.3 is 5.97 Å². The highest BCUT2D eigenvalue weighted by Crippen LogP contribution is 2.50. The smallest absolute Gasteiger partial charge is 0.307 e. The Hall–Kier alpha value is -1.65. The highest BCUT2D eigenvalue weighted by Gasteiger charge is 2.37. The van der Waals surface area contributed by atoms with Crippen LogP contribution in [0.4, 0.5) is 0 Å². The molecule has 1 aromatic rings. The molecule has 0 bridgehead atoms. The Labute approximate surface area is 167 Å². The predicted octanol–water partition coefficient (Wildman–Crippen LogP) is 3.77. The van der Waals surface area contributed by atoms with Gasteiger partial charge in [0.15, 0.2) is 0 Å². The minimum Gasteiger partial charge on any atom is -0.481 e. The van der Waals surface area contributed by atoms with Crippen molar-refractivity contribution in [2.75, 3.05) is 6.16 Å². The van der Waals surface area contributed by atoms with Crippen LogP contribution in [0.25, 0.3) is 0 Å². The van der Waals surface area contributed by atoms with E-state index >= 15 is 0 Å². The molecule has 0 spiro atoms. The summed E-state index contributed by atoms with van der Waals surface area (Å²) in [5.41, 5.74) is 8.35. The van der Waals surface area contributed by atoms with Gasteiger partial charge in [-0.2, -0.15) is 0 Å². The van der Waals surface area contributed by atoms with Gasteiger partial charge in [-0.15, -0.1) is 0 Å². The van der Waals surface area contributed by atoms with Gasteiger partial charge in [0.05, 0.1) is 5.92 Å². The Bertz CT molecular complexity index is 815. The fourth-order valence-electron chi connectivity index (χ4n) is 4.04. The summed E-state index contributed by atoms with van der Waals surface area (Å²) in [6.45, 7) is 8.81. The number of primary amides is 1. The van der Waals surface area contributed by atoms with Crippen LogP contribution in [0.3, 0.4) is 0 Å². The number of aliphatic carboxylic acids is 1. The van der Waals surface area contributed by atoms with Gasteiger partial charge in [-0.1, -0.05) is 45.9 Å². The first-order valence-corrected chi connectivity index (χ1v) is 11.7. The maximum atomic E-state index is 12.8. The number of nitrogens with two attached hydrogens (primary N) is 1. The summed E-state index contributed by atoms with van der Waals surface area (Å²) < 4.78 is 12.8. The zero-order chi connectivity index (χ0) is 21.3. The van der Waals surface area contributed by atoms with E-state index in [0.717, 1.165) is 18.4 Å². The molecule has 0 saturated carbocycles. The fourth-order valence-corrected chi connectivity index (χ4v) is 5.96. The summed E-state index contributed by atoms with van der Waals surface area (Å²) >= 11 is 0. The van der Waals surface area contributed by atoms with E-state index in [1.165, 1.54) is 11.1 Å². The molecule has 28 heavy (non-hydrogen) atoms. The summed E-state index contributed by atoms with van der Waals surface area (Å²) in [6, 6.07) is 5.94. The molecular weight excluding hydrogens is 377 g/mol. The second-order valence-corrected chi connectivity index (χ2v) is 11.7. The van der Waals surface area contributed by atoms with Crippen LogP contribution in [0.2, 0.25) is 0 Å². The van der Waals surface area contributed by atoms with Crippen molar-refractivity contribution in [1.29, 1.82) is 0 Å². The molecule has 7 heteroatoms. The topological polar surface area (TPSA) is 118 Å². The number of carbonyl (C=O) groups is 2. The molecular formula is C21H32NO5P. The molecule has 2 atom stereocenters. The van der Waals surface area contributed by atoms with E-state index in [4.69, 9.17) is 5.73 Å². The molecule has 1 aromatic carbocycles. The van der Waals surface area contributed by atoms with Crippen LogP contribution < -0.4 is 5.73 Å². The van der Waals surface area contributed by atoms with Gasteiger partial charge in [0.25, 0.3) is 0 Å². The normalized spacial score (nSPS) is 20.6. The van der Waals surface area contributed by atoms with Crippen LogP contribution in [-0.4, -0.2) is 28.0 Å². The molecule has 1 amide bonds. The van der Waals surface area contributed by atoms with Gasteiger partial charge in [-0.25, -0.2) is 0 Å². The number of benzene rings is 1. The largest absolute Gasteiger partial charge is 0.481 e. The first kappa shape index (κ1) is 22.6. The van der Waals surface area contributed by atoms with Crippen LogP contribution in [0.15, 0.2) is 18.2 Å². The quantitative estimate of drug-likeness (QED) is 0.565. The van der Waals surface area contributed by atoms with E-state index in [0.29, 0.717) is 0 Å². The predicted molar refractivity (Wildman–Crippen MR) is 110 cm³/mol. The minimum absolute atomic E-state index is 0.00854. The number of rotatable bonds is 8. The van der Waals surface area contributed by atoms with Gasteiger partial charge in [-0.3, -0.25) is 14.2 Å². The lowest BCUT2D eigenvalue weighted by Crippen LogP contribution is -2.33. The second-order valence-electron chi connectivity index (χ2n) is 9.37. The SMILES string of the molecule is CC1(C)CCC(C)(C)c2cc(CP(=O)(O)CC(CCC(N)=O)C(=O)O)ccc21. The van der Waals surface area contributed by atoms with Crippen LogP contribution in [0, 0.1) is 5.92 Å². The number of amides is 1. The first-order valence-electron chi connectivity index (χ1n) is 9.69. The molecule has 0 aromatic heterocycles. The molecule has 1 aliphatic carbocycles. The Morgan fingerprint density at radius 1 is 1.14 bits per heavy atom. The summed E-state index contributed by atoms with van der Waals surface area (Å²) in [7, 11) is -3.73. The summed E-state index contributed by atoms with van der Waals surface area (Å²) in [5.74, 6) is -2.85. The monoisotopic (exact) mass is 409 g/mol. The van der Waals surface area contributed by atoms with Crippen molar-refractivity contribution in [1.82, 2.24) is 0 Å². The van der Waals surface area contributed by atoms with Crippen molar-refractivity contribution in [2.45, 2.75) is 70.4 Å². The van der Waals surface area contributed by atoms with Gasteiger partial charge in [0.1, 0.15) is 0 Å². The number of fused-ring (bicyclic) bond motifs is 1. The van der Waals surface area contributed by atoms with Crippen molar-refractivity contribution >= 4 is 19.2 Å². The van der Waals surface area contributed by atoms with Gasteiger partial charge in [-0.05, 0) is 46.8 Å².